The molecule has 0 radical (unpaired) electrons. The molecular formula is C19H22FN3O2. The summed E-state index contributed by atoms with van der Waals surface area (Å²) in [6.07, 6.45) is 0. The maximum absolute atomic E-state index is 13.9. The molecule has 0 spiro atoms. The number of hydrogen-bond donors (Lipinski definition) is 2. The Morgan fingerprint density at radius 3 is 2.12 bits per heavy atom. The molecule has 2 N–H and O–H groups in total. The average Bonchev–Trinajstić information content (AvgIpc) is 2.58. The molecule has 0 aromatic heterocycles. The van der Waals surface area contributed by atoms with Gasteiger partial charge in [-0.25, -0.2) is 4.39 Å². The van der Waals surface area contributed by atoms with Crippen LogP contribution in [0.1, 0.15) is 31.1 Å². The summed E-state index contributed by atoms with van der Waals surface area (Å²) in [5.41, 5.74) is 1.88. The molecular weight excluding hydrogens is 321 g/mol. The highest BCUT2D eigenvalue weighted by Gasteiger charge is 2.13. The van der Waals surface area contributed by atoms with Crippen molar-refractivity contribution >= 4 is 28.9 Å². The van der Waals surface area contributed by atoms with Crippen LogP contribution >= 0.6 is 0 Å². The highest BCUT2D eigenvalue weighted by atomic mass is 19.1. The lowest BCUT2D eigenvalue weighted by Crippen LogP contribution is -2.21. The second-order valence-electron chi connectivity index (χ2n) is 5.55. The molecule has 0 bridgehead atoms. The van der Waals surface area contributed by atoms with Crippen molar-refractivity contribution in [3.05, 3.63) is 53.8 Å². The van der Waals surface area contributed by atoms with Crippen LogP contribution in [0.4, 0.5) is 21.5 Å². The van der Waals surface area contributed by atoms with Crippen LogP contribution in [0, 0.1) is 5.82 Å². The van der Waals surface area contributed by atoms with Crippen molar-refractivity contribution in [3.8, 4) is 0 Å². The Balaban J connectivity index is 2.15. The lowest BCUT2D eigenvalue weighted by atomic mass is 10.1. The molecule has 0 atom stereocenters. The third-order valence-electron chi connectivity index (χ3n) is 3.79. The van der Waals surface area contributed by atoms with Crippen LogP contribution in [-0.4, -0.2) is 24.9 Å². The summed E-state index contributed by atoms with van der Waals surface area (Å²) in [5.74, 6) is -1.50. The van der Waals surface area contributed by atoms with Gasteiger partial charge >= 0.3 is 0 Å². The number of nitrogens with one attached hydrogen (secondary N) is 2. The fourth-order valence-electron chi connectivity index (χ4n) is 2.52. The number of amides is 2. The number of halogens is 1. The first-order valence-corrected chi connectivity index (χ1v) is 8.18. The predicted molar refractivity (Wildman–Crippen MR) is 98.7 cm³/mol. The number of anilines is 3. The number of rotatable bonds is 6. The molecule has 0 heterocycles. The van der Waals surface area contributed by atoms with Crippen LogP contribution in [0.3, 0.4) is 0 Å². The number of benzene rings is 2. The summed E-state index contributed by atoms with van der Waals surface area (Å²) in [5, 5.41) is 5.20. The molecule has 5 nitrogen and oxygen atoms in total. The molecule has 132 valence electrons. The summed E-state index contributed by atoms with van der Waals surface area (Å²) in [4.78, 5) is 25.6. The van der Waals surface area contributed by atoms with Gasteiger partial charge in [-0.1, -0.05) is 0 Å². The molecule has 2 rings (SSSR count). The lowest BCUT2D eigenvalue weighted by molar-refractivity contribution is -0.114. The molecule has 0 aliphatic heterocycles. The van der Waals surface area contributed by atoms with Crippen LogP contribution in [0.25, 0.3) is 0 Å². The van der Waals surface area contributed by atoms with Gasteiger partial charge in [0, 0.05) is 37.1 Å². The molecule has 0 saturated heterocycles. The molecule has 2 amide bonds. The smallest absolute Gasteiger partial charge is 0.258 e. The summed E-state index contributed by atoms with van der Waals surface area (Å²) in [6.45, 7) is 7.28. The Morgan fingerprint density at radius 1 is 0.960 bits per heavy atom. The van der Waals surface area contributed by atoms with Crippen molar-refractivity contribution in [3.63, 3.8) is 0 Å². The molecule has 0 aliphatic carbocycles. The van der Waals surface area contributed by atoms with E-state index in [9.17, 15) is 14.0 Å². The first-order valence-electron chi connectivity index (χ1n) is 8.18. The van der Waals surface area contributed by atoms with E-state index in [4.69, 9.17) is 0 Å². The largest absolute Gasteiger partial charge is 0.372 e. The van der Waals surface area contributed by atoms with E-state index in [2.05, 4.69) is 29.4 Å². The number of hydrogen-bond acceptors (Lipinski definition) is 3. The molecule has 0 saturated carbocycles. The van der Waals surface area contributed by atoms with Crippen LogP contribution in [0.2, 0.25) is 0 Å². The Labute approximate surface area is 146 Å². The van der Waals surface area contributed by atoms with Gasteiger partial charge < -0.3 is 15.5 Å². The SMILES string of the molecule is CCN(CC)c1ccc(NC(=O)c2cc(NC(C)=O)ccc2F)cc1. The quantitative estimate of drug-likeness (QED) is 0.837. The number of carbonyl (C=O) groups excluding carboxylic acids is 2. The molecule has 25 heavy (non-hydrogen) atoms. The first kappa shape index (κ1) is 18.4. The Kier molecular flexibility index (Phi) is 6.11. The number of carbonyl (C=O) groups is 2. The van der Waals surface area contributed by atoms with E-state index in [1.807, 2.05) is 12.1 Å². The zero-order valence-electron chi connectivity index (χ0n) is 14.6. The number of nitrogens with zero attached hydrogens (tertiary/aromatic N) is 1. The highest BCUT2D eigenvalue weighted by Crippen LogP contribution is 2.20. The minimum Gasteiger partial charge on any atom is -0.372 e. The molecule has 6 heteroatoms. The Morgan fingerprint density at radius 2 is 1.56 bits per heavy atom. The molecule has 2 aromatic rings. The van der Waals surface area contributed by atoms with Crippen LogP contribution in [-0.2, 0) is 4.79 Å². The zero-order valence-corrected chi connectivity index (χ0v) is 14.6. The molecule has 2 aromatic carbocycles. The van der Waals surface area contributed by atoms with Crippen molar-refractivity contribution in [2.24, 2.45) is 0 Å². The minimum atomic E-state index is -0.647. The van der Waals surface area contributed by atoms with E-state index in [-0.39, 0.29) is 11.5 Å². The van der Waals surface area contributed by atoms with Gasteiger partial charge in [-0.3, -0.25) is 9.59 Å². The van der Waals surface area contributed by atoms with Crippen LogP contribution < -0.4 is 15.5 Å². The maximum Gasteiger partial charge on any atom is 0.258 e. The van der Waals surface area contributed by atoms with Gasteiger partial charge in [-0.2, -0.15) is 0 Å². The summed E-state index contributed by atoms with van der Waals surface area (Å²) >= 11 is 0. The third kappa shape index (κ3) is 4.79. The van der Waals surface area contributed by atoms with E-state index < -0.39 is 11.7 Å². The van der Waals surface area contributed by atoms with E-state index >= 15 is 0 Å². The van der Waals surface area contributed by atoms with Crippen LogP contribution in [0.5, 0.6) is 0 Å². The van der Waals surface area contributed by atoms with Crippen molar-refractivity contribution in [2.75, 3.05) is 28.6 Å². The van der Waals surface area contributed by atoms with E-state index in [1.165, 1.54) is 19.1 Å². The first-order chi connectivity index (χ1) is 11.9. The molecule has 0 aliphatic rings. The summed E-state index contributed by atoms with van der Waals surface area (Å²) < 4.78 is 13.9. The van der Waals surface area contributed by atoms with Gasteiger partial charge in [0.25, 0.3) is 5.91 Å². The Hall–Kier alpha value is -2.89. The third-order valence-corrected chi connectivity index (χ3v) is 3.79. The standard InChI is InChI=1S/C19H22FN3O2/c1-4-23(5-2)16-9-6-14(7-10-16)22-19(25)17-12-15(21-13(3)24)8-11-18(17)20/h6-12H,4-5H2,1-3H3,(H,21,24)(H,22,25). The van der Waals surface area contributed by atoms with Gasteiger partial charge in [-0.15, -0.1) is 0 Å². The van der Waals surface area contributed by atoms with Gasteiger partial charge in [0.2, 0.25) is 5.91 Å². The lowest BCUT2D eigenvalue weighted by Gasteiger charge is -2.21. The van der Waals surface area contributed by atoms with Gasteiger partial charge in [-0.05, 0) is 56.3 Å². The van der Waals surface area contributed by atoms with E-state index in [0.29, 0.717) is 11.4 Å². The fraction of sp³-hybridized carbons (Fsp3) is 0.263. The second kappa shape index (κ2) is 8.28. The topological polar surface area (TPSA) is 61.4 Å². The van der Waals surface area contributed by atoms with Gasteiger partial charge in [0.05, 0.1) is 5.56 Å². The minimum absolute atomic E-state index is 0.126. The predicted octanol–water partition coefficient (Wildman–Crippen LogP) is 3.88. The summed E-state index contributed by atoms with van der Waals surface area (Å²) in [7, 11) is 0. The van der Waals surface area contributed by atoms with E-state index in [1.54, 1.807) is 12.1 Å². The van der Waals surface area contributed by atoms with Crippen molar-refractivity contribution in [1.82, 2.24) is 0 Å². The fourth-order valence-corrected chi connectivity index (χ4v) is 2.52. The zero-order chi connectivity index (χ0) is 18.4. The second-order valence-corrected chi connectivity index (χ2v) is 5.55. The van der Waals surface area contributed by atoms with Gasteiger partial charge in [0.15, 0.2) is 0 Å². The highest BCUT2D eigenvalue weighted by molar-refractivity contribution is 6.05. The summed E-state index contributed by atoms with van der Waals surface area (Å²) in [6, 6.07) is 11.3. The normalized spacial score (nSPS) is 10.2. The van der Waals surface area contributed by atoms with Crippen LogP contribution in [0.15, 0.2) is 42.5 Å². The van der Waals surface area contributed by atoms with Crippen molar-refractivity contribution in [2.45, 2.75) is 20.8 Å². The van der Waals surface area contributed by atoms with E-state index in [0.717, 1.165) is 24.8 Å². The monoisotopic (exact) mass is 343 g/mol. The Bertz CT molecular complexity index is 756. The molecule has 0 fully saturated rings. The van der Waals surface area contributed by atoms with Gasteiger partial charge in [0.1, 0.15) is 5.82 Å². The molecule has 0 unspecified atom stereocenters. The maximum atomic E-state index is 13.9. The average molecular weight is 343 g/mol. The van der Waals surface area contributed by atoms with Crippen molar-refractivity contribution < 1.29 is 14.0 Å². The van der Waals surface area contributed by atoms with Crippen molar-refractivity contribution in [1.29, 1.82) is 0 Å².